The lowest BCUT2D eigenvalue weighted by Crippen LogP contribution is -2.32. The standard InChI is InChI=1S/C13H19FN2O4S/c1-4-6-7-15(5-2)21(19,20)11-8-10(3)13(14)12(9-11)16(17)18/h8-9H,4-7H2,1-3H3. The van der Waals surface area contributed by atoms with Gasteiger partial charge in [0.2, 0.25) is 15.8 Å². The van der Waals surface area contributed by atoms with Crippen LogP contribution >= 0.6 is 0 Å². The van der Waals surface area contributed by atoms with E-state index in [0.29, 0.717) is 13.0 Å². The Morgan fingerprint density at radius 3 is 2.43 bits per heavy atom. The van der Waals surface area contributed by atoms with Gasteiger partial charge in [-0.25, -0.2) is 8.42 Å². The number of nitrogens with zero attached hydrogens (tertiary/aromatic N) is 2. The lowest BCUT2D eigenvalue weighted by Gasteiger charge is -2.20. The molecule has 0 heterocycles. The van der Waals surface area contributed by atoms with Crippen molar-refractivity contribution >= 4 is 15.7 Å². The van der Waals surface area contributed by atoms with Gasteiger partial charge in [-0.15, -0.1) is 0 Å². The topological polar surface area (TPSA) is 80.5 Å². The number of hydrogen-bond acceptors (Lipinski definition) is 4. The van der Waals surface area contributed by atoms with Crippen molar-refractivity contribution in [3.63, 3.8) is 0 Å². The molecule has 0 aliphatic rings. The van der Waals surface area contributed by atoms with Gasteiger partial charge < -0.3 is 0 Å². The van der Waals surface area contributed by atoms with E-state index in [-0.39, 0.29) is 17.0 Å². The van der Waals surface area contributed by atoms with E-state index in [1.807, 2.05) is 6.92 Å². The monoisotopic (exact) mass is 318 g/mol. The van der Waals surface area contributed by atoms with E-state index in [2.05, 4.69) is 0 Å². The van der Waals surface area contributed by atoms with Gasteiger partial charge in [0, 0.05) is 19.2 Å². The Morgan fingerprint density at radius 1 is 1.33 bits per heavy atom. The molecule has 6 nitrogen and oxygen atoms in total. The molecular weight excluding hydrogens is 299 g/mol. The molecule has 1 rings (SSSR count). The maximum Gasteiger partial charge on any atom is 0.306 e. The summed E-state index contributed by atoms with van der Waals surface area (Å²) in [7, 11) is -3.86. The highest BCUT2D eigenvalue weighted by atomic mass is 32.2. The van der Waals surface area contributed by atoms with E-state index in [0.717, 1.165) is 18.6 Å². The summed E-state index contributed by atoms with van der Waals surface area (Å²) in [6.45, 7) is 5.53. The van der Waals surface area contributed by atoms with Crippen LogP contribution in [0.15, 0.2) is 17.0 Å². The Morgan fingerprint density at radius 2 is 1.95 bits per heavy atom. The minimum atomic E-state index is -3.86. The number of rotatable bonds is 7. The third-order valence-electron chi connectivity index (χ3n) is 3.16. The van der Waals surface area contributed by atoms with E-state index in [4.69, 9.17) is 0 Å². The Hall–Kier alpha value is -1.54. The van der Waals surface area contributed by atoms with Crippen molar-refractivity contribution in [1.82, 2.24) is 4.31 Å². The molecule has 0 saturated carbocycles. The molecule has 1 aromatic rings. The maximum atomic E-state index is 13.7. The van der Waals surface area contributed by atoms with Gasteiger partial charge in [0.25, 0.3) is 0 Å². The van der Waals surface area contributed by atoms with Gasteiger partial charge in [-0.05, 0) is 25.0 Å². The van der Waals surface area contributed by atoms with E-state index in [9.17, 15) is 22.9 Å². The molecule has 0 saturated heterocycles. The first-order chi connectivity index (χ1) is 9.75. The molecule has 0 fully saturated rings. The van der Waals surface area contributed by atoms with Crippen molar-refractivity contribution in [2.45, 2.75) is 38.5 Å². The molecule has 21 heavy (non-hydrogen) atoms. The normalized spacial score (nSPS) is 11.9. The van der Waals surface area contributed by atoms with Gasteiger partial charge in [-0.1, -0.05) is 20.3 Å². The lowest BCUT2D eigenvalue weighted by atomic mass is 10.2. The fourth-order valence-electron chi connectivity index (χ4n) is 1.93. The van der Waals surface area contributed by atoms with Crippen LogP contribution in [-0.2, 0) is 10.0 Å². The van der Waals surface area contributed by atoms with Crippen LogP contribution in [0.2, 0.25) is 0 Å². The number of aryl methyl sites for hydroxylation is 1. The first-order valence-corrected chi connectivity index (χ1v) is 8.14. The zero-order valence-corrected chi connectivity index (χ0v) is 13.1. The molecule has 0 N–H and O–H groups in total. The fourth-order valence-corrected chi connectivity index (χ4v) is 3.53. The van der Waals surface area contributed by atoms with Crippen LogP contribution in [0.3, 0.4) is 0 Å². The highest BCUT2D eigenvalue weighted by molar-refractivity contribution is 7.89. The predicted octanol–water partition coefficient (Wildman–Crippen LogP) is 2.85. The molecule has 0 aromatic heterocycles. The maximum absolute atomic E-state index is 13.7. The van der Waals surface area contributed by atoms with E-state index in [1.54, 1.807) is 6.92 Å². The molecule has 0 bridgehead atoms. The zero-order chi connectivity index (χ0) is 16.2. The van der Waals surface area contributed by atoms with Crippen LogP contribution in [0.25, 0.3) is 0 Å². The SMILES string of the molecule is CCCCN(CC)S(=O)(=O)c1cc(C)c(F)c([N+](=O)[O-])c1. The first kappa shape index (κ1) is 17.5. The number of hydrogen-bond donors (Lipinski definition) is 0. The number of sulfonamides is 1. The molecule has 0 radical (unpaired) electrons. The second-order valence-electron chi connectivity index (χ2n) is 4.68. The van der Waals surface area contributed by atoms with Crippen LogP contribution < -0.4 is 0 Å². The summed E-state index contributed by atoms with van der Waals surface area (Å²) < 4.78 is 39.9. The van der Waals surface area contributed by atoms with E-state index < -0.39 is 26.5 Å². The van der Waals surface area contributed by atoms with Gasteiger partial charge in [-0.2, -0.15) is 8.70 Å². The van der Waals surface area contributed by atoms with E-state index in [1.165, 1.54) is 11.2 Å². The average Bonchev–Trinajstić information content (AvgIpc) is 2.41. The number of nitro groups is 1. The fraction of sp³-hybridized carbons (Fsp3) is 0.538. The summed E-state index contributed by atoms with van der Waals surface area (Å²) in [5, 5.41) is 10.8. The molecular formula is C13H19FN2O4S. The lowest BCUT2D eigenvalue weighted by molar-refractivity contribution is -0.387. The molecule has 0 unspecified atom stereocenters. The quantitative estimate of drug-likeness (QED) is 0.572. The third kappa shape index (κ3) is 3.76. The van der Waals surface area contributed by atoms with Gasteiger partial charge in [0.15, 0.2) is 0 Å². The van der Waals surface area contributed by atoms with Gasteiger partial charge in [0.05, 0.1) is 9.82 Å². The second-order valence-corrected chi connectivity index (χ2v) is 6.62. The molecule has 1 aromatic carbocycles. The first-order valence-electron chi connectivity index (χ1n) is 6.70. The minimum absolute atomic E-state index is 0.0608. The molecule has 118 valence electrons. The zero-order valence-electron chi connectivity index (χ0n) is 12.3. The van der Waals surface area contributed by atoms with Crippen LogP contribution in [0.4, 0.5) is 10.1 Å². The second kappa shape index (κ2) is 6.95. The molecule has 0 amide bonds. The summed E-state index contributed by atoms with van der Waals surface area (Å²) in [5.74, 6) is -1.00. The minimum Gasteiger partial charge on any atom is -0.258 e. The number of unbranched alkanes of at least 4 members (excludes halogenated alkanes) is 1. The molecule has 0 aliphatic carbocycles. The van der Waals surface area contributed by atoms with Gasteiger partial charge >= 0.3 is 5.69 Å². The molecule has 8 heteroatoms. The number of benzene rings is 1. The number of halogens is 1. The van der Waals surface area contributed by atoms with Crippen molar-refractivity contribution in [1.29, 1.82) is 0 Å². The van der Waals surface area contributed by atoms with Crippen LogP contribution in [0, 0.1) is 22.9 Å². The summed E-state index contributed by atoms with van der Waals surface area (Å²) in [5.41, 5.74) is -0.880. The molecule has 0 atom stereocenters. The smallest absolute Gasteiger partial charge is 0.258 e. The van der Waals surface area contributed by atoms with E-state index >= 15 is 0 Å². The van der Waals surface area contributed by atoms with Crippen molar-refractivity contribution in [2.75, 3.05) is 13.1 Å². The highest BCUT2D eigenvalue weighted by Gasteiger charge is 2.27. The van der Waals surface area contributed by atoms with Crippen LogP contribution in [0.1, 0.15) is 32.3 Å². The number of nitro benzene ring substituents is 1. The Bertz CT molecular complexity index is 631. The summed E-state index contributed by atoms with van der Waals surface area (Å²) in [6.07, 6.45) is 1.52. The van der Waals surface area contributed by atoms with Crippen molar-refractivity contribution in [3.8, 4) is 0 Å². The Labute approximate surface area is 123 Å². The van der Waals surface area contributed by atoms with Gasteiger partial charge in [-0.3, -0.25) is 10.1 Å². The van der Waals surface area contributed by atoms with Crippen molar-refractivity contribution < 1.29 is 17.7 Å². The Balaban J connectivity index is 3.34. The highest BCUT2D eigenvalue weighted by Crippen LogP contribution is 2.27. The molecule has 0 aliphatic heterocycles. The summed E-state index contributed by atoms with van der Waals surface area (Å²) >= 11 is 0. The molecule has 0 spiro atoms. The average molecular weight is 318 g/mol. The van der Waals surface area contributed by atoms with Crippen molar-refractivity contribution in [2.24, 2.45) is 0 Å². The third-order valence-corrected chi connectivity index (χ3v) is 5.11. The predicted molar refractivity (Wildman–Crippen MR) is 77.1 cm³/mol. The summed E-state index contributed by atoms with van der Waals surface area (Å²) in [4.78, 5) is 9.66. The summed E-state index contributed by atoms with van der Waals surface area (Å²) in [6, 6.07) is 1.92. The van der Waals surface area contributed by atoms with Crippen LogP contribution in [-0.4, -0.2) is 30.7 Å². The Kier molecular flexibility index (Phi) is 5.79. The van der Waals surface area contributed by atoms with Crippen molar-refractivity contribution in [3.05, 3.63) is 33.6 Å². The van der Waals surface area contributed by atoms with Crippen LogP contribution in [0.5, 0.6) is 0 Å². The van der Waals surface area contributed by atoms with Gasteiger partial charge in [0.1, 0.15) is 0 Å². The largest absolute Gasteiger partial charge is 0.306 e.